The SMILES string of the molecule is CC(CC1CC1)NCc1ccoc1. The smallest absolute Gasteiger partial charge is 0.0947 e. The first-order valence-electron chi connectivity index (χ1n) is 5.09. The molecule has 1 heterocycles. The molecule has 1 unspecified atom stereocenters. The van der Waals surface area contributed by atoms with Crippen LogP contribution in [0.4, 0.5) is 0 Å². The first kappa shape index (κ1) is 8.82. The van der Waals surface area contributed by atoms with E-state index < -0.39 is 0 Å². The lowest BCUT2D eigenvalue weighted by Gasteiger charge is -2.11. The van der Waals surface area contributed by atoms with Crippen molar-refractivity contribution in [2.45, 2.75) is 38.8 Å². The molecule has 1 atom stereocenters. The van der Waals surface area contributed by atoms with Crippen molar-refractivity contribution in [2.24, 2.45) is 5.92 Å². The summed E-state index contributed by atoms with van der Waals surface area (Å²) in [5, 5.41) is 3.50. The van der Waals surface area contributed by atoms with Gasteiger partial charge >= 0.3 is 0 Å². The van der Waals surface area contributed by atoms with Crippen molar-refractivity contribution in [1.82, 2.24) is 5.32 Å². The highest BCUT2D eigenvalue weighted by molar-refractivity contribution is 5.04. The molecule has 2 rings (SSSR count). The highest BCUT2D eigenvalue weighted by atomic mass is 16.3. The summed E-state index contributed by atoms with van der Waals surface area (Å²) in [5.41, 5.74) is 1.24. The minimum Gasteiger partial charge on any atom is -0.472 e. The third-order valence-corrected chi connectivity index (χ3v) is 2.62. The van der Waals surface area contributed by atoms with Crippen molar-refractivity contribution < 1.29 is 4.42 Å². The Balaban J connectivity index is 1.66. The van der Waals surface area contributed by atoms with Gasteiger partial charge in [-0.25, -0.2) is 0 Å². The lowest BCUT2D eigenvalue weighted by atomic mass is 10.1. The van der Waals surface area contributed by atoms with Crippen LogP contribution in [0.2, 0.25) is 0 Å². The van der Waals surface area contributed by atoms with Crippen molar-refractivity contribution in [3.05, 3.63) is 24.2 Å². The zero-order chi connectivity index (χ0) is 9.10. The lowest BCUT2D eigenvalue weighted by Crippen LogP contribution is -2.25. The summed E-state index contributed by atoms with van der Waals surface area (Å²) < 4.78 is 5.00. The Labute approximate surface area is 79.3 Å². The standard InChI is InChI=1S/C11H17NO/c1-9(6-10-2-3-10)12-7-11-4-5-13-8-11/h4-5,8-10,12H,2-3,6-7H2,1H3. The van der Waals surface area contributed by atoms with Crippen LogP contribution >= 0.6 is 0 Å². The first-order chi connectivity index (χ1) is 6.34. The van der Waals surface area contributed by atoms with Gasteiger partial charge in [0.25, 0.3) is 0 Å². The van der Waals surface area contributed by atoms with Crippen LogP contribution in [0.1, 0.15) is 31.7 Å². The number of hydrogen-bond acceptors (Lipinski definition) is 2. The van der Waals surface area contributed by atoms with E-state index in [9.17, 15) is 0 Å². The molecule has 1 aliphatic rings. The van der Waals surface area contributed by atoms with Gasteiger partial charge in [0.15, 0.2) is 0 Å². The summed E-state index contributed by atoms with van der Waals surface area (Å²) >= 11 is 0. The second-order valence-corrected chi connectivity index (χ2v) is 4.09. The molecule has 1 aromatic heterocycles. The van der Waals surface area contributed by atoms with E-state index in [0.717, 1.165) is 12.5 Å². The molecule has 0 saturated heterocycles. The maximum atomic E-state index is 5.00. The number of nitrogens with one attached hydrogen (secondary N) is 1. The fraction of sp³-hybridized carbons (Fsp3) is 0.636. The first-order valence-corrected chi connectivity index (χ1v) is 5.09. The Hall–Kier alpha value is -0.760. The normalized spacial score (nSPS) is 18.8. The molecule has 1 saturated carbocycles. The number of furan rings is 1. The molecule has 0 aromatic carbocycles. The lowest BCUT2D eigenvalue weighted by molar-refractivity contribution is 0.484. The van der Waals surface area contributed by atoms with Gasteiger partial charge in [-0.05, 0) is 25.3 Å². The van der Waals surface area contributed by atoms with Crippen LogP contribution in [0.15, 0.2) is 23.0 Å². The van der Waals surface area contributed by atoms with Gasteiger partial charge in [-0.3, -0.25) is 0 Å². The molecule has 13 heavy (non-hydrogen) atoms. The summed E-state index contributed by atoms with van der Waals surface area (Å²) in [6, 6.07) is 2.65. The molecular formula is C11H17NO. The fourth-order valence-electron chi connectivity index (χ4n) is 1.62. The van der Waals surface area contributed by atoms with E-state index in [1.807, 2.05) is 6.07 Å². The van der Waals surface area contributed by atoms with E-state index in [1.54, 1.807) is 12.5 Å². The Kier molecular flexibility index (Phi) is 2.69. The molecule has 0 amide bonds. The van der Waals surface area contributed by atoms with Crippen molar-refractivity contribution in [1.29, 1.82) is 0 Å². The van der Waals surface area contributed by atoms with Crippen molar-refractivity contribution in [2.75, 3.05) is 0 Å². The van der Waals surface area contributed by atoms with Gasteiger partial charge in [0, 0.05) is 18.2 Å². The molecule has 2 nitrogen and oxygen atoms in total. The zero-order valence-electron chi connectivity index (χ0n) is 8.12. The maximum absolute atomic E-state index is 5.00. The minimum atomic E-state index is 0.641. The summed E-state index contributed by atoms with van der Waals surface area (Å²) in [7, 11) is 0. The average molecular weight is 179 g/mol. The molecule has 1 N–H and O–H groups in total. The highest BCUT2D eigenvalue weighted by Gasteiger charge is 2.23. The molecule has 1 aliphatic carbocycles. The van der Waals surface area contributed by atoms with Gasteiger partial charge < -0.3 is 9.73 Å². The van der Waals surface area contributed by atoms with E-state index in [1.165, 1.54) is 24.8 Å². The Morgan fingerprint density at radius 3 is 3.08 bits per heavy atom. The van der Waals surface area contributed by atoms with Crippen LogP contribution in [0.25, 0.3) is 0 Å². The predicted molar refractivity (Wildman–Crippen MR) is 52.4 cm³/mol. The highest BCUT2D eigenvalue weighted by Crippen LogP contribution is 2.33. The Morgan fingerprint density at radius 2 is 2.46 bits per heavy atom. The van der Waals surface area contributed by atoms with Crippen LogP contribution in [0.5, 0.6) is 0 Å². The van der Waals surface area contributed by atoms with E-state index in [2.05, 4.69) is 12.2 Å². The maximum Gasteiger partial charge on any atom is 0.0947 e. The quantitative estimate of drug-likeness (QED) is 0.751. The van der Waals surface area contributed by atoms with E-state index >= 15 is 0 Å². The second kappa shape index (κ2) is 3.97. The molecular weight excluding hydrogens is 162 g/mol. The summed E-state index contributed by atoms with van der Waals surface area (Å²) in [6.07, 6.45) is 7.74. The van der Waals surface area contributed by atoms with E-state index in [0.29, 0.717) is 6.04 Å². The van der Waals surface area contributed by atoms with Gasteiger partial charge in [-0.2, -0.15) is 0 Å². The third-order valence-electron chi connectivity index (χ3n) is 2.62. The average Bonchev–Trinajstić information content (AvgIpc) is 2.78. The molecule has 1 fully saturated rings. The second-order valence-electron chi connectivity index (χ2n) is 4.09. The molecule has 0 spiro atoms. The molecule has 0 radical (unpaired) electrons. The summed E-state index contributed by atoms with van der Waals surface area (Å²) in [6.45, 7) is 3.20. The van der Waals surface area contributed by atoms with Crippen LogP contribution in [-0.2, 0) is 6.54 Å². The van der Waals surface area contributed by atoms with Gasteiger partial charge in [0.1, 0.15) is 0 Å². The van der Waals surface area contributed by atoms with Crippen molar-refractivity contribution in [3.8, 4) is 0 Å². The summed E-state index contributed by atoms with van der Waals surface area (Å²) in [5.74, 6) is 1.01. The van der Waals surface area contributed by atoms with Gasteiger partial charge in [0.05, 0.1) is 12.5 Å². The van der Waals surface area contributed by atoms with Crippen LogP contribution in [0, 0.1) is 5.92 Å². The van der Waals surface area contributed by atoms with E-state index in [4.69, 9.17) is 4.42 Å². The third kappa shape index (κ3) is 2.88. The monoisotopic (exact) mass is 179 g/mol. The number of rotatable bonds is 5. The number of hydrogen-bond donors (Lipinski definition) is 1. The Bertz CT molecular complexity index is 239. The largest absolute Gasteiger partial charge is 0.472 e. The van der Waals surface area contributed by atoms with Gasteiger partial charge in [0.2, 0.25) is 0 Å². The molecule has 0 bridgehead atoms. The van der Waals surface area contributed by atoms with Crippen molar-refractivity contribution >= 4 is 0 Å². The van der Waals surface area contributed by atoms with Gasteiger partial charge in [-0.1, -0.05) is 12.8 Å². The molecule has 72 valence electrons. The zero-order valence-corrected chi connectivity index (χ0v) is 8.12. The Morgan fingerprint density at radius 1 is 1.62 bits per heavy atom. The molecule has 0 aliphatic heterocycles. The van der Waals surface area contributed by atoms with E-state index in [-0.39, 0.29) is 0 Å². The summed E-state index contributed by atoms with van der Waals surface area (Å²) in [4.78, 5) is 0. The fourth-order valence-corrected chi connectivity index (χ4v) is 1.62. The molecule has 1 aromatic rings. The van der Waals surface area contributed by atoms with Crippen LogP contribution in [-0.4, -0.2) is 6.04 Å². The van der Waals surface area contributed by atoms with Crippen LogP contribution in [0.3, 0.4) is 0 Å². The van der Waals surface area contributed by atoms with Crippen LogP contribution < -0.4 is 5.32 Å². The topological polar surface area (TPSA) is 25.2 Å². The van der Waals surface area contributed by atoms with Crippen molar-refractivity contribution in [3.63, 3.8) is 0 Å². The minimum absolute atomic E-state index is 0.641. The predicted octanol–water partition coefficient (Wildman–Crippen LogP) is 2.56. The molecule has 2 heteroatoms. The van der Waals surface area contributed by atoms with Gasteiger partial charge in [-0.15, -0.1) is 0 Å².